The molecule has 6 nitrogen and oxygen atoms in total. The SMILES string of the molecule is CN(C)c1cc(CNS(=O)(=O)c2cccnc2)c2ccccc2n1. The van der Waals surface area contributed by atoms with E-state index in [1.54, 1.807) is 12.3 Å². The number of nitrogens with one attached hydrogen (secondary N) is 1. The van der Waals surface area contributed by atoms with Crippen LogP contribution in [0, 0.1) is 0 Å². The predicted molar refractivity (Wildman–Crippen MR) is 94.3 cm³/mol. The largest absolute Gasteiger partial charge is 0.363 e. The van der Waals surface area contributed by atoms with Crippen molar-refractivity contribution in [1.82, 2.24) is 14.7 Å². The smallest absolute Gasteiger partial charge is 0.242 e. The third-order valence-electron chi connectivity index (χ3n) is 3.64. The highest BCUT2D eigenvalue weighted by Crippen LogP contribution is 2.22. The van der Waals surface area contributed by atoms with Crippen molar-refractivity contribution in [2.24, 2.45) is 0 Å². The molecule has 0 amide bonds. The van der Waals surface area contributed by atoms with E-state index in [2.05, 4.69) is 14.7 Å². The predicted octanol–water partition coefficient (Wildman–Crippen LogP) is 2.17. The van der Waals surface area contributed by atoms with Crippen LogP contribution in [0.4, 0.5) is 5.82 Å². The minimum Gasteiger partial charge on any atom is -0.363 e. The average Bonchev–Trinajstić information content (AvgIpc) is 2.60. The topological polar surface area (TPSA) is 75.2 Å². The fourth-order valence-electron chi connectivity index (χ4n) is 2.37. The zero-order chi connectivity index (χ0) is 17.2. The van der Waals surface area contributed by atoms with Gasteiger partial charge < -0.3 is 4.90 Å². The molecule has 0 unspecified atom stereocenters. The number of benzene rings is 1. The van der Waals surface area contributed by atoms with E-state index < -0.39 is 10.0 Å². The summed E-state index contributed by atoms with van der Waals surface area (Å²) in [5, 5.41) is 0.928. The molecular weight excluding hydrogens is 324 g/mol. The second kappa shape index (κ2) is 6.54. The number of rotatable bonds is 5. The lowest BCUT2D eigenvalue weighted by Gasteiger charge is -2.15. The van der Waals surface area contributed by atoms with Crippen LogP contribution in [-0.4, -0.2) is 32.5 Å². The van der Waals surface area contributed by atoms with Gasteiger partial charge in [-0.15, -0.1) is 0 Å². The molecular formula is C17H18N4O2S. The fraction of sp³-hybridized carbons (Fsp3) is 0.176. The second-order valence-electron chi connectivity index (χ2n) is 5.56. The maximum absolute atomic E-state index is 12.4. The van der Waals surface area contributed by atoms with Crippen molar-refractivity contribution in [2.45, 2.75) is 11.4 Å². The van der Waals surface area contributed by atoms with Gasteiger partial charge in [0.25, 0.3) is 0 Å². The van der Waals surface area contributed by atoms with Crippen LogP contribution in [-0.2, 0) is 16.6 Å². The van der Waals surface area contributed by atoms with Crippen LogP contribution in [0.5, 0.6) is 0 Å². The molecule has 0 atom stereocenters. The summed E-state index contributed by atoms with van der Waals surface area (Å²) < 4.78 is 27.4. The summed E-state index contributed by atoms with van der Waals surface area (Å²) in [4.78, 5) is 10.5. The van der Waals surface area contributed by atoms with Crippen LogP contribution >= 0.6 is 0 Å². The Labute approximate surface area is 141 Å². The van der Waals surface area contributed by atoms with Gasteiger partial charge in [0, 0.05) is 38.4 Å². The number of sulfonamides is 1. The van der Waals surface area contributed by atoms with Gasteiger partial charge in [0.05, 0.1) is 5.52 Å². The first kappa shape index (κ1) is 16.4. The molecule has 0 bridgehead atoms. The lowest BCUT2D eigenvalue weighted by molar-refractivity contribution is 0.581. The second-order valence-corrected chi connectivity index (χ2v) is 7.33. The number of aromatic nitrogens is 2. The van der Waals surface area contributed by atoms with Crippen LogP contribution in [0.15, 0.2) is 59.8 Å². The quantitative estimate of drug-likeness (QED) is 0.769. The normalized spacial score (nSPS) is 11.6. The van der Waals surface area contributed by atoms with Gasteiger partial charge in [0.1, 0.15) is 10.7 Å². The van der Waals surface area contributed by atoms with Gasteiger partial charge >= 0.3 is 0 Å². The fourth-order valence-corrected chi connectivity index (χ4v) is 3.34. The first-order valence-electron chi connectivity index (χ1n) is 7.43. The molecule has 2 heterocycles. The Hall–Kier alpha value is -2.51. The third-order valence-corrected chi connectivity index (χ3v) is 5.03. The van der Waals surface area contributed by atoms with Crippen molar-refractivity contribution >= 4 is 26.7 Å². The van der Waals surface area contributed by atoms with Gasteiger partial charge in [0.15, 0.2) is 0 Å². The summed E-state index contributed by atoms with van der Waals surface area (Å²) in [6.07, 6.45) is 2.87. The molecule has 1 aromatic carbocycles. The van der Waals surface area contributed by atoms with E-state index in [1.165, 1.54) is 12.3 Å². The summed E-state index contributed by atoms with van der Waals surface area (Å²) in [6, 6.07) is 12.7. The molecule has 0 saturated heterocycles. The summed E-state index contributed by atoms with van der Waals surface area (Å²) in [5.74, 6) is 0.782. The lowest BCUT2D eigenvalue weighted by Crippen LogP contribution is -2.23. The Morgan fingerprint density at radius 3 is 2.62 bits per heavy atom. The van der Waals surface area contributed by atoms with Crippen molar-refractivity contribution in [2.75, 3.05) is 19.0 Å². The molecule has 7 heteroatoms. The zero-order valence-corrected chi connectivity index (χ0v) is 14.3. The molecule has 1 N–H and O–H groups in total. The highest BCUT2D eigenvalue weighted by atomic mass is 32.2. The maximum atomic E-state index is 12.4. The molecule has 0 aliphatic carbocycles. The van der Waals surface area contributed by atoms with Crippen molar-refractivity contribution in [3.05, 3.63) is 60.4 Å². The van der Waals surface area contributed by atoms with Crippen LogP contribution < -0.4 is 9.62 Å². The molecule has 0 saturated carbocycles. The summed E-state index contributed by atoms with van der Waals surface area (Å²) in [6.45, 7) is 0.182. The van der Waals surface area contributed by atoms with Crippen molar-refractivity contribution in [3.63, 3.8) is 0 Å². The van der Waals surface area contributed by atoms with E-state index in [1.807, 2.05) is 49.3 Å². The van der Waals surface area contributed by atoms with Crippen LogP contribution in [0.25, 0.3) is 10.9 Å². The highest BCUT2D eigenvalue weighted by molar-refractivity contribution is 7.89. The van der Waals surface area contributed by atoms with E-state index in [0.717, 1.165) is 22.3 Å². The van der Waals surface area contributed by atoms with Gasteiger partial charge in [-0.1, -0.05) is 18.2 Å². The summed E-state index contributed by atoms with van der Waals surface area (Å²) in [5.41, 5.74) is 1.70. The van der Waals surface area contributed by atoms with E-state index in [0.29, 0.717) is 0 Å². The van der Waals surface area contributed by atoms with Gasteiger partial charge in [-0.3, -0.25) is 4.98 Å². The minimum atomic E-state index is -3.61. The lowest BCUT2D eigenvalue weighted by atomic mass is 10.1. The van der Waals surface area contributed by atoms with E-state index in [9.17, 15) is 8.42 Å². The Bertz CT molecular complexity index is 957. The molecule has 124 valence electrons. The number of pyridine rings is 2. The molecule has 0 spiro atoms. The number of nitrogens with zero attached hydrogens (tertiary/aromatic N) is 3. The standard InChI is InChI=1S/C17H18N4O2S/c1-21(2)17-10-13(15-7-3-4-8-16(15)20-17)11-19-24(22,23)14-6-5-9-18-12-14/h3-10,12,19H,11H2,1-2H3. The van der Waals surface area contributed by atoms with Crippen molar-refractivity contribution in [3.8, 4) is 0 Å². The molecule has 3 rings (SSSR count). The number of fused-ring (bicyclic) bond motifs is 1. The number of hydrogen-bond donors (Lipinski definition) is 1. The molecule has 3 aromatic rings. The van der Waals surface area contributed by atoms with Gasteiger partial charge in [-0.25, -0.2) is 18.1 Å². The Balaban J connectivity index is 1.95. The average molecular weight is 342 g/mol. The van der Waals surface area contributed by atoms with Crippen molar-refractivity contribution < 1.29 is 8.42 Å². The maximum Gasteiger partial charge on any atom is 0.242 e. The molecule has 0 radical (unpaired) electrons. The molecule has 2 aromatic heterocycles. The Morgan fingerprint density at radius 1 is 1.12 bits per heavy atom. The minimum absolute atomic E-state index is 0.149. The van der Waals surface area contributed by atoms with Crippen molar-refractivity contribution in [1.29, 1.82) is 0 Å². The van der Waals surface area contributed by atoms with Gasteiger partial charge in [-0.2, -0.15) is 0 Å². The molecule has 0 aliphatic rings. The molecule has 24 heavy (non-hydrogen) atoms. The van der Waals surface area contributed by atoms with Crippen LogP contribution in [0.2, 0.25) is 0 Å². The number of anilines is 1. The van der Waals surface area contributed by atoms with Gasteiger partial charge in [0.2, 0.25) is 10.0 Å². The van der Waals surface area contributed by atoms with E-state index >= 15 is 0 Å². The highest BCUT2D eigenvalue weighted by Gasteiger charge is 2.15. The number of para-hydroxylation sites is 1. The number of hydrogen-bond acceptors (Lipinski definition) is 5. The monoisotopic (exact) mass is 342 g/mol. The first-order valence-corrected chi connectivity index (χ1v) is 8.91. The first-order chi connectivity index (χ1) is 11.5. The summed E-state index contributed by atoms with van der Waals surface area (Å²) >= 11 is 0. The zero-order valence-electron chi connectivity index (χ0n) is 13.5. The molecule has 0 aliphatic heterocycles. The van der Waals surface area contributed by atoms with Crippen LogP contribution in [0.3, 0.4) is 0 Å². The van der Waals surface area contributed by atoms with Crippen LogP contribution in [0.1, 0.15) is 5.56 Å². The van der Waals surface area contributed by atoms with Gasteiger partial charge in [-0.05, 0) is 29.8 Å². The Kier molecular flexibility index (Phi) is 4.46. The van der Waals surface area contributed by atoms with E-state index in [4.69, 9.17) is 0 Å². The summed E-state index contributed by atoms with van der Waals surface area (Å²) in [7, 11) is 0.200. The van der Waals surface area contributed by atoms with E-state index in [-0.39, 0.29) is 11.4 Å². The third kappa shape index (κ3) is 3.37. The molecule has 0 fully saturated rings. The Morgan fingerprint density at radius 2 is 1.92 bits per heavy atom.